The molecule has 0 fully saturated rings. The normalized spacial score (nSPS) is 10.9. The van der Waals surface area contributed by atoms with Crippen molar-refractivity contribution in [3.05, 3.63) is 77.7 Å². The highest BCUT2D eigenvalue weighted by Gasteiger charge is 2.17. The summed E-state index contributed by atoms with van der Waals surface area (Å²) in [6.07, 6.45) is 0.499. The van der Waals surface area contributed by atoms with Crippen molar-refractivity contribution >= 4 is 34.5 Å². The van der Waals surface area contributed by atoms with Crippen LogP contribution in [-0.4, -0.2) is 29.0 Å². The summed E-state index contributed by atoms with van der Waals surface area (Å²) in [5.74, 6) is 1.59. The minimum absolute atomic E-state index is 0.0587. The number of amides is 1. The van der Waals surface area contributed by atoms with E-state index in [9.17, 15) is 4.79 Å². The number of aromatic nitrogens is 2. The van der Waals surface area contributed by atoms with Crippen molar-refractivity contribution in [2.75, 3.05) is 18.2 Å². The van der Waals surface area contributed by atoms with Crippen LogP contribution in [0, 0.1) is 0 Å². The van der Waals surface area contributed by atoms with Gasteiger partial charge in [0, 0.05) is 4.90 Å². The molecule has 0 aliphatic carbocycles. The maximum atomic E-state index is 12.8. The number of benzene rings is 3. The molecule has 0 bridgehead atoms. The molecular weight excluding hydrogens is 398 g/mol. The van der Waals surface area contributed by atoms with Crippen LogP contribution >= 0.6 is 11.8 Å². The Morgan fingerprint density at radius 3 is 2.50 bits per heavy atom. The van der Waals surface area contributed by atoms with Crippen molar-refractivity contribution in [1.82, 2.24) is 10.2 Å². The van der Waals surface area contributed by atoms with Gasteiger partial charge in [-0.05, 0) is 46.4 Å². The van der Waals surface area contributed by atoms with E-state index in [1.807, 2.05) is 42.5 Å². The lowest BCUT2D eigenvalue weighted by atomic mass is 10.1. The molecule has 0 aliphatic rings. The maximum absolute atomic E-state index is 12.8. The predicted molar refractivity (Wildman–Crippen MR) is 118 cm³/mol. The van der Waals surface area contributed by atoms with Gasteiger partial charge in [0.25, 0.3) is 5.91 Å². The average Bonchev–Trinajstić information content (AvgIpc) is 3.21. The second kappa shape index (κ2) is 9.00. The quantitative estimate of drug-likeness (QED) is 0.416. The van der Waals surface area contributed by atoms with Crippen molar-refractivity contribution in [1.29, 1.82) is 0 Å². The summed E-state index contributed by atoms with van der Waals surface area (Å²) in [7, 11) is 1.54. The number of hydrogen-bond donors (Lipinski definition) is 1. The number of ether oxygens (including phenoxy) is 1. The van der Waals surface area contributed by atoms with E-state index >= 15 is 0 Å². The molecule has 6 nitrogen and oxygen atoms in total. The number of hydrogen-bond acceptors (Lipinski definition) is 6. The Balaban J connectivity index is 1.48. The summed E-state index contributed by atoms with van der Waals surface area (Å²) >= 11 is 1.79. The number of fused-ring (bicyclic) bond motifs is 1. The molecular formula is C23H21N3O3S. The Hall–Kier alpha value is -3.32. The van der Waals surface area contributed by atoms with Crippen molar-refractivity contribution in [3.8, 4) is 5.75 Å². The number of methoxy groups -OCH3 is 1. The molecule has 1 heterocycles. The number of thioether (sulfide) groups is 1. The molecule has 0 spiro atoms. The molecule has 0 atom stereocenters. The van der Waals surface area contributed by atoms with Crippen LogP contribution in [0.25, 0.3) is 10.8 Å². The summed E-state index contributed by atoms with van der Waals surface area (Å²) in [5.41, 5.74) is 1.47. The lowest BCUT2D eigenvalue weighted by molar-refractivity contribution is 0.102. The second-order valence-corrected chi connectivity index (χ2v) is 7.95. The second-order valence-electron chi connectivity index (χ2n) is 6.61. The standard InChI is InChI=1S/C23H21N3O3S/c1-3-30-18-10-8-15(9-11-18)12-21-25-26-23(29-21)24-22(27)19-13-16-6-4-5-7-17(16)14-20(19)28-2/h4-11,13-14H,3,12H2,1-2H3,(H,24,26,27). The van der Waals surface area contributed by atoms with E-state index in [1.54, 1.807) is 17.8 Å². The Morgan fingerprint density at radius 2 is 1.80 bits per heavy atom. The molecule has 30 heavy (non-hydrogen) atoms. The predicted octanol–water partition coefficient (Wildman–Crippen LogP) is 5.19. The lowest BCUT2D eigenvalue weighted by Crippen LogP contribution is -2.13. The van der Waals surface area contributed by atoms with Gasteiger partial charge in [0.2, 0.25) is 5.89 Å². The fraction of sp³-hybridized carbons (Fsp3) is 0.174. The average molecular weight is 420 g/mol. The molecule has 0 saturated heterocycles. The highest BCUT2D eigenvalue weighted by Crippen LogP contribution is 2.27. The number of nitrogens with zero attached hydrogens (tertiary/aromatic N) is 2. The van der Waals surface area contributed by atoms with Gasteiger partial charge in [-0.2, -0.15) is 0 Å². The van der Waals surface area contributed by atoms with Gasteiger partial charge in [0.1, 0.15) is 5.75 Å². The molecule has 4 rings (SSSR count). The van der Waals surface area contributed by atoms with Gasteiger partial charge in [0.05, 0.1) is 19.1 Å². The van der Waals surface area contributed by atoms with Gasteiger partial charge in [-0.3, -0.25) is 10.1 Å². The fourth-order valence-electron chi connectivity index (χ4n) is 3.15. The number of anilines is 1. The van der Waals surface area contributed by atoms with Crippen molar-refractivity contribution in [2.24, 2.45) is 0 Å². The summed E-state index contributed by atoms with van der Waals surface area (Å²) in [4.78, 5) is 14.0. The van der Waals surface area contributed by atoms with Gasteiger partial charge in [-0.1, -0.05) is 48.4 Å². The first-order valence-electron chi connectivity index (χ1n) is 9.58. The van der Waals surface area contributed by atoms with Crippen LogP contribution in [0.15, 0.2) is 70.0 Å². The Morgan fingerprint density at radius 1 is 1.07 bits per heavy atom. The molecule has 4 aromatic rings. The Labute approximate surface area is 178 Å². The minimum Gasteiger partial charge on any atom is -0.496 e. The van der Waals surface area contributed by atoms with Crippen molar-refractivity contribution in [2.45, 2.75) is 18.2 Å². The van der Waals surface area contributed by atoms with Gasteiger partial charge in [-0.15, -0.1) is 16.9 Å². The smallest absolute Gasteiger partial charge is 0.322 e. The Bertz CT molecular complexity index is 1170. The van der Waals surface area contributed by atoms with Crippen LogP contribution in [0.1, 0.15) is 28.7 Å². The zero-order chi connectivity index (χ0) is 20.9. The third-order valence-electron chi connectivity index (χ3n) is 4.59. The van der Waals surface area contributed by atoms with Crippen LogP contribution < -0.4 is 10.1 Å². The zero-order valence-electron chi connectivity index (χ0n) is 16.7. The molecule has 0 radical (unpaired) electrons. The molecule has 1 N–H and O–H groups in total. The summed E-state index contributed by atoms with van der Waals surface area (Å²) in [5, 5.41) is 12.6. The molecule has 0 saturated carbocycles. The molecule has 7 heteroatoms. The Kier molecular flexibility index (Phi) is 5.99. The summed E-state index contributed by atoms with van der Waals surface area (Å²) in [6.45, 7) is 2.13. The summed E-state index contributed by atoms with van der Waals surface area (Å²) < 4.78 is 11.0. The van der Waals surface area contributed by atoms with Crippen LogP contribution in [0.2, 0.25) is 0 Å². The van der Waals surface area contributed by atoms with Gasteiger partial charge < -0.3 is 9.15 Å². The van der Waals surface area contributed by atoms with E-state index in [4.69, 9.17) is 9.15 Å². The third kappa shape index (κ3) is 4.46. The lowest BCUT2D eigenvalue weighted by Gasteiger charge is -2.09. The molecule has 3 aromatic carbocycles. The molecule has 1 aromatic heterocycles. The van der Waals surface area contributed by atoms with Crippen LogP contribution in [0.4, 0.5) is 6.01 Å². The summed E-state index contributed by atoms with van der Waals surface area (Å²) in [6, 6.07) is 19.7. The van der Waals surface area contributed by atoms with Crippen LogP contribution in [0.5, 0.6) is 5.75 Å². The fourth-order valence-corrected chi connectivity index (χ4v) is 3.81. The first-order chi connectivity index (χ1) is 14.7. The number of nitrogens with one attached hydrogen (secondary N) is 1. The van der Waals surface area contributed by atoms with E-state index < -0.39 is 0 Å². The van der Waals surface area contributed by atoms with Gasteiger partial charge >= 0.3 is 6.01 Å². The van der Waals surface area contributed by atoms with E-state index in [0.29, 0.717) is 23.6 Å². The molecule has 0 aliphatic heterocycles. The first-order valence-corrected chi connectivity index (χ1v) is 10.6. The third-order valence-corrected chi connectivity index (χ3v) is 5.48. The molecule has 0 unspecified atom stereocenters. The highest BCUT2D eigenvalue weighted by molar-refractivity contribution is 7.99. The maximum Gasteiger partial charge on any atom is 0.322 e. The molecule has 1 amide bonds. The zero-order valence-corrected chi connectivity index (χ0v) is 17.5. The molecule has 152 valence electrons. The first kappa shape index (κ1) is 20.0. The topological polar surface area (TPSA) is 77.2 Å². The number of carbonyl (C=O) groups excluding carboxylic acids is 1. The number of carbonyl (C=O) groups is 1. The van der Waals surface area contributed by atoms with E-state index in [-0.39, 0.29) is 11.9 Å². The van der Waals surface area contributed by atoms with Crippen molar-refractivity contribution in [3.63, 3.8) is 0 Å². The van der Waals surface area contributed by atoms with Gasteiger partial charge in [0.15, 0.2) is 0 Å². The van der Waals surface area contributed by atoms with E-state index in [0.717, 1.165) is 22.1 Å². The largest absolute Gasteiger partial charge is 0.496 e. The van der Waals surface area contributed by atoms with Crippen LogP contribution in [0.3, 0.4) is 0 Å². The van der Waals surface area contributed by atoms with Crippen LogP contribution in [-0.2, 0) is 6.42 Å². The SMILES string of the molecule is CCSc1ccc(Cc2nnc(NC(=O)c3cc4ccccc4cc3OC)o2)cc1. The minimum atomic E-state index is -0.367. The van der Waals surface area contributed by atoms with E-state index in [1.165, 1.54) is 12.0 Å². The monoisotopic (exact) mass is 419 g/mol. The van der Waals surface area contributed by atoms with E-state index in [2.05, 4.69) is 34.6 Å². The number of rotatable bonds is 7. The van der Waals surface area contributed by atoms with Gasteiger partial charge in [-0.25, -0.2) is 0 Å². The highest BCUT2D eigenvalue weighted by atomic mass is 32.2. The van der Waals surface area contributed by atoms with Crippen molar-refractivity contribution < 1.29 is 13.9 Å².